The number of benzene rings is 2. The highest BCUT2D eigenvalue weighted by Crippen LogP contribution is 2.29. The lowest BCUT2D eigenvalue weighted by molar-refractivity contribution is -0.131. The van der Waals surface area contributed by atoms with Crippen LogP contribution in [0.5, 0.6) is 0 Å². The molecule has 8 heteroatoms. The van der Waals surface area contributed by atoms with Crippen LogP contribution in [-0.2, 0) is 14.4 Å². The van der Waals surface area contributed by atoms with Crippen molar-refractivity contribution in [3.05, 3.63) is 66.9 Å². The number of anilines is 2. The molecule has 1 unspecified atom stereocenters. The third-order valence-corrected chi connectivity index (χ3v) is 5.60. The van der Waals surface area contributed by atoms with Gasteiger partial charge in [-0.05, 0) is 48.2 Å². The number of hydrogen-bond donors (Lipinski definition) is 4. The first kappa shape index (κ1) is 21.2. The van der Waals surface area contributed by atoms with Gasteiger partial charge < -0.3 is 20.7 Å². The second-order valence-corrected chi connectivity index (χ2v) is 7.75. The summed E-state index contributed by atoms with van der Waals surface area (Å²) >= 11 is 1.40. The number of rotatable bonds is 8. The summed E-state index contributed by atoms with van der Waals surface area (Å²) in [5, 5.41) is 14.9. The summed E-state index contributed by atoms with van der Waals surface area (Å²) in [7, 11) is 0. The van der Waals surface area contributed by atoms with Crippen molar-refractivity contribution in [3.8, 4) is 0 Å². The maximum Gasteiger partial charge on any atom is 0.328 e. The third-order valence-electron chi connectivity index (χ3n) is 4.24. The third kappa shape index (κ3) is 5.74. The quantitative estimate of drug-likeness (QED) is 0.320. The van der Waals surface area contributed by atoms with E-state index < -0.39 is 11.9 Å². The average Bonchev–Trinajstić information content (AvgIpc) is 3.18. The van der Waals surface area contributed by atoms with Gasteiger partial charge >= 0.3 is 5.97 Å². The molecule has 0 fully saturated rings. The van der Waals surface area contributed by atoms with Gasteiger partial charge in [0.15, 0.2) is 0 Å². The molecule has 1 aromatic heterocycles. The van der Waals surface area contributed by atoms with Crippen LogP contribution in [0.1, 0.15) is 13.3 Å². The van der Waals surface area contributed by atoms with Crippen LogP contribution in [0.2, 0.25) is 0 Å². The minimum absolute atomic E-state index is 0.104. The molecule has 0 aliphatic rings. The molecule has 7 nitrogen and oxygen atoms in total. The summed E-state index contributed by atoms with van der Waals surface area (Å²) in [6, 6.07) is 14.7. The zero-order valence-electron chi connectivity index (χ0n) is 16.2. The number of carbonyl (C=O) groups excluding carboxylic acids is 2. The zero-order chi connectivity index (χ0) is 21.5. The number of aliphatic carboxylic acids is 1. The highest BCUT2D eigenvalue weighted by atomic mass is 32.2. The molecule has 0 radical (unpaired) electrons. The van der Waals surface area contributed by atoms with Crippen molar-refractivity contribution in [1.29, 1.82) is 0 Å². The van der Waals surface area contributed by atoms with E-state index in [1.807, 2.05) is 43.5 Å². The molecule has 3 rings (SSSR count). The molecular weight excluding hydrogens is 402 g/mol. The van der Waals surface area contributed by atoms with E-state index in [4.69, 9.17) is 5.11 Å². The lowest BCUT2D eigenvalue weighted by Gasteiger charge is -2.15. The fourth-order valence-electron chi connectivity index (χ4n) is 2.81. The van der Waals surface area contributed by atoms with E-state index in [1.54, 1.807) is 18.2 Å². The van der Waals surface area contributed by atoms with E-state index in [2.05, 4.69) is 15.6 Å². The van der Waals surface area contributed by atoms with Gasteiger partial charge in [-0.2, -0.15) is 0 Å². The number of fused-ring (bicyclic) bond motifs is 1. The van der Waals surface area contributed by atoms with Crippen LogP contribution >= 0.6 is 11.8 Å². The predicted molar refractivity (Wildman–Crippen MR) is 119 cm³/mol. The molecule has 0 bridgehead atoms. The number of carboxylic acid groups (broad SMARTS) is 1. The molecule has 3 aromatic rings. The SMILES string of the molecule is CCC(Sc1cccc(NC(=O)/C=C/C(=O)O)c1)C(=O)Nc1ccc2cc[nH]c2c1. The van der Waals surface area contributed by atoms with Gasteiger partial charge in [-0.25, -0.2) is 4.79 Å². The van der Waals surface area contributed by atoms with E-state index in [0.29, 0.717) is 12.1 Å². The van der Waals surface area contributed by atoms with Crippen LogP contribution in [0.3, 0.4) is 0 Å². The molecule has 30 heavy (non-hydrogen) atoms. The molecule has 1 atom stereocenters. The first-order valence-corrected chi connectivity index (χ1v) is 10.2. The van der Waals surface area contributed by atoms with Crippen LogP contribution in [-0.4, -0.2) is 33.1 Å². The number of aromatic nitrogens is 1. The minimum Gasteiger partial charge on any atom is -0.478 e. The monoisotopic (exact) mass is 423 g/mol. The largest absolute Gasteiger partial charge is 0.478 e. The molecule has 0 saturated carbocycles. The normalized spacial score (nSPS) is 12.0. The summed E-state index contributed by atoms with van der Waals surface area (Å²) in [6.45, 7) is 1.94. The Kier molecular flexibility index (Phi) is 6.92. The van der Waals surface area contributed by atoms with Gasteiger partial charge in [0.05, 0.1) is 5.25 Å². The highest BCUT2D eigenvalue weighted by molar-refractivity contribution is 8.00. The Morgan fingerprint density at radius 1 is 1.07 bits per heavy atom. The molecule has 0 spiro atoms. The Morgan fingerprint density at radius 2 is 1.87 bits per heavy atom. The molecule has 2 amide bonds. The number of hydrogen-bond acceptors (Lipinski definition) is 4. The molecule has 1 heterocycles. The lowest BCUT2D eigenvalue weighted by atomic mass is 10.2. The van der Waals surface area contributed by atoms with Gasteiger partial charge in [-0.15, -0.1) is 11.8 Å². The summed E-state index contributed by atoms with van der Waals surface area (Å²) in [6.07, 6.45) is 4.20. The molecule has 0 aliphatic heterocycles. The standard InChI is InChI=1S/C22H21N3O4S/c1-2-19(22(29)25-16-7-6-14-10-11-23-18(14)13-16)30-17-5-3-4-15(12-17)24-20(26)8-9-21(27)28/h3-13,19,23H,2H2,1H3,(H,24,26)(H,25,29)(H,27,28)/b9-8+. The second kappa shape index (κ2) is 9.80. The number of carbonyl (C=O) groups is 3. The van der Waals surface area contributed by atoms with Crippen molar-refractivity contribution in [2.24, 2.45) is 0 Å². The van der Waals surface area contributed by atoms with Gasteiger partial charge in [-0.1, -0.05) is 19.1 Å². The van der Waals surface area contributed by atoms with E-state index >= 15 is 0 Å². The van der Waals surface area contributed by atoms with Crippen LogP contribution in [0.25, 0.3) is 10.9 Å². The Morgan fingerprint density at radius 3 is 2.63 bits per heavy atom. The number of H-pyrrole nitrogens is 1. The fourth-order valence-corrected chi connectivity index (χ4v) is 3.83. The van der Waals surface area contributed by atoms with Crippen LogP contribution in [0, 0.1) is 0 Å². The van der Waals surface area contributed by atoms with E-state index in [0.717, 1.165) is 33.6 Å². The van der Waals surface area contributed by atoms with Crippen molar-refractivity contribution >= 4 is 51.8 Å². The minimum atomic E-state index is -1.19. The van der Waals surface area contributed by atoms with Crippen molar-refractivity contribution in [1.82, 2.24) is 4.98 Å². The average molecular weight is 423 g/mol. The van der Waals surface area contributed by atoms with Crippen LogP contribution < -0.4 is 10.6 Å². The molecule has 2 aromatic carbocycles. The first-order chi connectivity index (χ1) is 14.4. The van der Waals surface area contributed by atoms with Gasteiger partial charge in [0.1, 0.15) is 0 Å². The molecule has 4 N–H and O–H groups in total. The maximum atomic E-state index is 12.8. The predicted octanol–water partition coefficient (Wildman–Crippen LogP) is 4.26. The van der Waals surface area contributed by atoms with Gasteiger partial charge in [0, 0.05) is 40.1 Å². The molecular formula is C22H21N3O4S. The topological polar surface area (TPSA) is 111 Å². The first-order valence-electron chi connectivity index (χ1n) is 9.31. The van der Waals surface area contributed by atoms with Crippen molar-refractivity contribution in [3.63, 3.8) is 0 Å². The Balaban J connectivity index is 1.65. The second-order valence-electron chi connectivity index (χ2n) is 6.47. The smallest absolute Gasteiger partial charge is 0.328 e. The Bertz CT molecular complexity index is 1110. The summed E-state index contributed by atoms with van der Waals surface area (Å²) in [5.74, 6) is -1.84. The Labute approximate surface area is 177 Å². The maximum absolute atomic E-state index is 12.8. The van der Waals surface area contributed by atoms with Gasteiger partial charge in [0.2, 0.25) is 11.8 Å². The van der Waals surface area contributed by atoms with E-state index in [9.17, 15) is 14.4 Å². The number of carboxylic acids is 1. The summed E-state index contributed by atoms with van der Waals surface area (Å²) < 4.78 is 0. The lowest BCUT2D eigenvalue weighted by Crippen LogP contribution is -2.24. The van der Waals surface area contributed by atoms with E-state index in [-0.39, 0.29) is 11.2 Å². The van der Waals surface area contributed by atoms with Gasteiger partial charge in [-0.3, -0.25) is 9.59 Å². The molecule has 0 aliphatic carbocycles. The van der Waals surface area contributed by atoms with E-state index in [1.165, 1.54) is 11.8 Å². The number of thioether (sulfide) groups is 1. The van der Waals surface area contributed by atoms with Crippen LogP contribution in [0.4, 0.5) is 11.4 Å². The van der Waals surface area contributed by atoms with Crippen LogP contribution in [0.15, 0.2) is 71.8 Å². The zero-order valence-corrected chi connectivity index (χ0v) is 17.0. The molecule has 154 valence electrons. The number of aromatic amines is 1. The summed E-state index contributed by atoms with van der Waals surface area (Å²) in [5.41, 5.74) is 2.20. The van der Waals surface area contributed by atoms with Crippen molar-refractivity contribution in [2.75, 3.05) is 10.6 Å². The van der Waals surface area contributed by atoms with Crippen molar-refractivity contribution < 1.29 is 19.5 Å². The molecule has 0 saturated heterocycles. The fraction of sp³-hybridized carbons (Fsp3) is 0.136. The Hall–Kier alpha value is -3.52. The summed E-state index contributed by atoms with van der Waals surface area (Å²) in [4.78, 5) is 39.0. The van der Waals surface area contributed by atoms with Gasteiger partial charge in [0.25, 0.3) is 0 Å². The highest BCUT2D eigenvalue weighted by Gasteiger charge is 2.18. The number of amides is 2. The van der Waals surface area contributed by atoms with Crippen molar-refractivity contribution in [2.45, 2.75) is 23.5 Å². The number of nitrogens with one attached hydrogen (secondary N) is 3.